The van der Waals surface area contributed by atoms with Crippen molar-refractivity contribution in [1.29, 1.82) is 0 Å². The highest BCUT2D eigenvalue weighted by atomic mass is 32.2. The summed E-state index contributed by atoms with van der Waals surface area (Å²) in [5, 5.41) is 9.09. The van der Waals surface area contributed by atoms with Crippen LogP contribution in [-0.2, 0) is 9.53 Å². The van der Waals surface area contributed by atoms with E-state index in [1.807, 2.05) is 11.8 Å². The Morgan fingerprint density at radius 3 is 3.05 bits per heavy atom. The Kier molecular flexibility index (Phi) is 7.24. The fourth-order valence-corrected chi connectivity index (χ4v) is 4.33. The van der Waals surface area contributed by atoms with E-state index >= 15 is 0 Å². The number of ether oxygens (including phenoxy) is 1. The van der Waals surface area contributed by atoms with Crippen LogP contribution in [0.2, 0.25) is 0 Å². The number of amides is 3. The predicted molar refractivity (Wildman–Crippen MR) is 83.8 cm³/mol. The van der Waals surface area contributed by atoms with Crippen LogP contribution in [0.3, 0.4) is 0 Å². The number of nitrogens with one attached hydrogen (secondary N) is 3. The minimum atomic E-state index is -0.495. The summed E-state index contributed by atoms with van der Waals surface area (Å²) >= 11 is 1.89. The summed E-state index contributed by atoms with van der Waals surface area (Å²) in [5.41, 5.74) is 0. The molecule has 0 aliphatic carbocycles. The van der Waals surface area contributed by atoms with E-state index in [-0.39, 0.29) is 30.6 Å². The van der Waals surface area contributed by atoms with E-state index in [1.54, 1.807) is 0 Å². The van der Waals surface area contributed by atoms with Gasteiger partial charge in [0.05, 0.1) is 25.3 Å². The van der Waals surface area contributed by atoms with Crippen molar-refractivity contribution in [3.63, 3.8) is 0 Å². The predicted octanol–water partition coefficient (Wildman–Crippen LogP) is 0.815. The molecule has 0 aromatic rings. The summed E-state index contributed by atoms with van der Waals surface area (Å²) < 4.78 is 16.7. The standard InChI is InChI=1S/C14H24FN3O3S/c15-5-7-21-8-6-16-12(19)4-2-1-3-11-13-10(9-22-11)17-14(20)18-13/h10-11,13H,1-9H2,(H,16,19)(H2,17,18,20)/t10-,11-,13-/m0/s1/i15-1. The largest absolute Gasteiger partial charge is 0.377 e. The van der Waals surface area contributed by atoms with Crippen LogP contribution in [0, 0.1) is 0 Å². The lowest BCUT2D eigenvalue weighted by Crippen LogP contribution is -2.36. The first-order chi connectivity index (χ1) is 10.7. The number of halogens is 1. The highest BCUT2D eigenvalue weighted by Crippen LogP contribution is 2.33. The highest BCUT2D eigenvalue weighted by molar-refractivity contribution is 8.00. The van der Waals surface area contributed by atoms with Gasteiger partial charge in [-0.05, 0) is 12.8 Å². The van der Waals surface area contributed by atoms with Crippen molar-refractivity contribution >= 4 is 23.7 Å². The zero-order chi connectivity index (χ0) is 15.8. The molecule has 0 aromatic heterocycles. The van der Waals surface area contributed by atoms with E-state index < -0.39 is 6.67 Å². The molecule has 3 amide bonds. The first-order valence-electron chi connectivity index (χ1n) is 7.79. The Morgan fingerprint density at radius 2 is 2.23 bits per heavy atom. The Labute approximate surface area is 134 Å². The normalized spacial score (nSPS) is 26.4. The van der Waals surface area contributed by atoms with Crippen molar-refractivity contribution in [3.05, 3.63) is 0 Å². The van der Waals surface area contributed by atoms with Crippen LogP contribution in [0.5, 0.6) is 0 Å². The van der Waals surface area contributed by atoms with E-state index in [1.165, 1.54) is 0 Å². The summed E-state index contributed by atoms with van der Waals surface area (Å²) in [4.78, 5) is 22.9. The lowest BCUT2D eigenvalue weighted by Gasteiger charge is -2.16. The summed E-state index contributed by atoms with van der Waals surface area (Å²) in [7, 11) is 0. The Morgan fingerprint density at radius 1 is 1.36 bits per heavy atom. The number of hydrogen-bond acceptors (Lipinski definition) is 4. The number of hydrogen-bond donors (Lipinski definition) is 3. The molecule has 2 fully saturated rings. The van der Waals surface area contributed by atoms with Gasteiger partial charge >= 0.3 is 6.03 Å². The Bertz CT molecular complexity index is 386. The number of fused-ring (bicyclic) bond motifs is 1. The van der Waals surface area contributed by atoms with Gasteiger partial charge in [0.1, 0.15) is 6.67 Å². The van der Waals surface area contributed by atoms with E-state index in [0.29, 0.717) is 24.8 Å². The molecule has 2 aliphatic heterocycles. The van der Waals surface area contributed by atoms with E-state index in [0.717, 1.165) is 25.0 Å². The maximum atomic E-state index is 11.8. The van der Waals surface area contributed by atoms with E-state index in [4.69, 9.17) is 4.74 Å². The van der Waals surface area contributed by atoms with Crippen LogP contribution in [0.15, 0.2) is 0 Å². The third kappa shape index (κ3) is 5.31. The molecule has 6 nitrogen and oxygen atoms in total. The molecule has 2 aliphatic rings. The summed E-state index contributed by atoms with van der Waals surface area (Å²) in [5.74, 6) is 0.976. The fourth-order valence-electron chi connectivity index (χ4n) is 2.78. The number of unbranched alkanes of at least 4 members (excludes halogenated alkanes) is 1. The van der Waals surface area contributed by atoms with Gasteiger partial charge in [-0.15, -0.1) is 0 Å². The molecular formula is C14H24FN3O3S. The second kappa shape index (κ2) is 9.19. The van der Waals surface area contributed by atoms with Crippen molar-refractivity contribution in [2.45, 2.75) is 43.0 Å². The highest BCUT2D eigenvalue weighted by Gasteiger charge is 2.42. The number of alkyl halides is 1. The molecule has 2 rings (SSSR count). The second-order valence-electron chi connectivity index (χ2n) is 5.52. The molecule has 3 N–H and O–H groups in total. The lowest BCUT2D eigenvalue weighted by atomic mass is 10.0. The van der Waals surface area contributed by atoms with Gasteiger partial charge in [0.2, 0.25) is 5.91 Å². The smallest absolute Gasteiger partial charge is 0.315 e. The van der Waals surface area contributed by atoms with Crippen molar-refractivity contribution in [2.24, 2.45) is 0 Å². The molecule has 0 unspecified atom stereocenters. The van der Waals surface area contributed by atoms with Crippen LogP contribution in [0.1, 0.15) is 25.7 Å². The summed E-state index contributed by atoms with van der Waals surface area (Å²) in [6.07, 6.45) is 3.33. The number of rotatable bonds is 10. The molecule has 0 saturated carbocycles. The van der Waals surface area contributed by atoms with E-state index in [9.17, 15) is 14.0 Å². The SMILES string of the molecule is O=C(CCCC[C@@H]1SC[C@@H]2NC(=O)N[C@@H]21)NCCOCC[18F]. The van der Waals surface area contributed by atoms with Gasteiger partial charge in [-0.3, -0.25) is 4.79 Å². The maximum Gasteiger partial charge on any atom is 0.315 e. The van der Waals surface area contributed by atoms with Gasteiger partial charge in [-0.2, -0.15) is 11.8 Å². The summed E-state index contributed by atoms with van der Waals surface area (Å²) in [6, 6.07) is 0.434. The molecule has 0 aromatic carbocycles. The molecule has 0 radical (unpaired) electrons. The number of carbonyl (C=O) groups excluding carboxylic acids is 2. The first-order valence-corrected chi connectivity index (χ1v) is 8.84. The quantitative estimate of drug-likeness (QED) is 0.409. The molecular weight excluding hydrogens is 308 g/mol. The fraction of sp³-hybridized carbons (Fsp3) is 0.857. The van der Waals surface area contributed by atoms with Gasteiger partial charge < -0.3 is 20.7 Å². The summed E-state index contributed by atoms with van der Waals surface area (Å²) in [6.45, 7) is 0.371. The van der Waals surface area contributed by atoms with Crippen LogP contribution in [0.4, 0.5) is 9.18 Å². The topological polar surface area (TPSA) is 79.5 Å². The molecule has 2 saturated heterocycles. The van der Waals surface area contributed by atoms with Crippen LogP contribution >= 0.6 is 11.8 Å². The third-order valence-corrected chi connectivity index (χ3v) is 5.38. The number of carbonyl (C=O) groups is 2. The van der Waals surface area contributed by atoms with Crippen LogP contribution in [-0.4, -0.2) is 61.5 Å². The van der Waals surface area contributed by atoms with Crippen molar-refractivity contribution in [3.8, 4) is 0 Å². The molecule has 126 valence electrons. The molecule has 22 heavy (non-hydrogen) atoms. The zero-order valence-electron chi connectivity index (χ0n) is 12.6. The average molecular weight is 332 g/mol. The van der Waals surface area contributed by atoms with Gasteiger partial charge in [0.25, 0.3) is 0 Å². The van der Waals surface area contributed by atoms with Crippen molar-refractivity contribution < 1.29 is 18.7 Å². The first kappa shape index (κ1) is 17.3. The van der Waals surface area contributed by atoms with Gasteiger partial charge in [-0.1, -0.05) is 6.42 Å². The molecule has 0 spiro atoms. The number of urea groups is 1. The molecule has 0 bridgehead atoms. The second-order valence-corrected chi connectivity index (χ2v) is 6.79. The molecule has 2 heterocycles. The minimum Gasteiger partial charge on any atom is -0.377 e. The zero-order valence-corrected chi connectivity index (χ0v) is 13.4. The van der Waals surface area contributed by atoms with Gasteiger partial charge in [0, 0.05) is 24.0 Å². The van der Waals surface area contributed by atoms with Gasteiger partial charge in [0.15, 0.2) is 0 Å². The van der Waals surface area contributed by atoms with Crippen molar-refractivity contribution in [1.82, 2.24) is 16.0 Å². The number of thioether (sulfide) groups is 1. The third-order valence-electron chi connectivity index (χ3n) is 3.87. The Hall–Kier alpha value is -1.02. The Balaban J connectivity index is 1.49. The molecule has 8 heteroatoms. The molecule has 3 atom stereocenters. The monoisotopic (exact) mass is 332 g/mol. The average Bonchev–Trinajstić information content (AvgIpc) is 3.03. The maximum absolute atomic E-state index is 11.8. The van der Waals surface area contributed by atoms with Crippen LogP contribution in [0.25, 0.3) is 0 Å². The van der Waals surface area contributed by atoms with Crippen LogP contribution < -0.4 is 16.0 Å². The van der Waals surface area contributed by atoms with Crippen molar-refractivity contribution in [2.75, 3.05) is 32.2 Å². The minimum absolute atomic E-state index is 0.0108. The van der Waals surface area contributed by atoms with E-state index in [2.05, 4.69) is 16.0 Å². The lowest BCUT2D eigenvalue weighted by molar-refractivity contribution is -0.121. The van der Waals surface area contributed by atoms with Gasteiger partial charge in [-0.25, -0.2) is 9.18 Å².